The van der Waals surface area contributed by atoms with Crippen molar-refractivity contribution in [2.45, 2.75) is 107 Å². The summed E-state index contributed by atoms with van der Waals surface area (Å²) in [6.45, 7) is 20.2. The van der Waals surface area contributed by atoms with E-state index >= 15 is 0 Å². The molecule has 4 aromatic rings. The Labute approximate surface area is 289 Å². The van der Waals surface area contributed by atoms with Crippen LogP contribution in [0.5, 0.6) is 23.0 Å². The van der Waals surface area contributed by atoms with E-state index in [1.54, 1.807) is 0 Å². The van der Waals surface area contributed by atoms with Crippen molar-refractivity contribution in [2.75, 3.05) is 26.4 Å². The Morgan fingerprint density at radius 1 is 0.333 bits per heavy atom. The Hall–Kier alpha value is -3.92. The number of hydrogen-bond donors (Lipinski definition) is 0. The van der Waals surface area contributed by atoms with E-state index in [-0.39, 0.29) is 0 Å². The van der Waals surface area contributed by atoms with Crippen molar-refractivity contribution in [1.29, 1.82) is 0 Å². The van der Waals surface area contributed by atoms with Gasteiger partial charge in [0.05, 0.1) is 26.4 Å². The molecule has 0 aliphatic heterocycles. The van der Waals surface area contributed by atoms with Crippen molar-refractivity contribution in [2.24, 2.45) is 0 Å². The molecule has 0 spiro atoms. The van der Waals surface area contributed by atoms with E-state index in [1.807, 2.05) is 0 Å². The normalized spacial score (nSPS) is 12.5. The van der Waals surface area contributed by atoms with Crippen molar-refractivity contribution in [3.63, 3.8) is 0 Å². The molecule has 0 unspecified atom stereocenters. The zero-order valence-electron chi connectivity index (χ0n) is 30.7. The molecule has 0 saturated carbocycles. The molecule has 5 rings (SSSR count). The molecule has 0 aromatic heterocycles. The first-order valence-electron chi connectivity index (χ1n) is 18.2. The monoisotopic (exact) mass is 648 g/mol. The van der Waals surface area contributed by atoms with Crippen LogP contribution < -0.4 is 18.9 Å². The predicted octanol–water partition coefficient (Wildman–Crippen LogP) is 10.8. The van der Waals surface area contributed by atoms with E-state index in [0.29, 0.717) is 26.4 Å². The number of hydrogen-bond acceptors (Lipinski definition) is 4. The van der Waals surface area contributed by atoms with Crippen LogP contribution in [0.15, 0.2) is 48.5 Å². The fraction of sp³-hybridized carbons (Fsp3) is 0.455. The minimum atomic E-state index is 0.675. The fourth-order valence-electron chi connectivity index (χ4n) is 7.14. The average molecular weight is 649 g/mol. The molecule has 4 heteroatoms. The lowest BCUT2D eigenvalue weighted by Gasteiger charge is -2.24. The van der Waals surface area contributed by atoms with E-state index in [2.05, 4.69) is 104 Å². The van der Waals surface area contributed by atoms with Crippen molar-refractivity contribution < 1.29 is 18.9 Å². The second kappa shape index (κ2) is 16.5. The SMILES string of the molecule is CCCOc1c2cc(C)cc1Cc1cc(C)cc(c1OCCC)Cc1cc(C)cc(c1OCCC)Cc1cc(C)cc(c1OCCC)C2. The van der Waals surface area contributed by atoms with Crippen LogP contribution in [0.3, 0.4) is 0 Å². The molecule has 48 heavy (non-hydrogen) atoms. The molecule has 0 radical (unpaired) electrons. The standard InChI is InChI=1S/C44H56O4/c1-9-13-45-41-33-17-29(5)18-34(41)26-36-20-31(7)22-38(43(36)47-15-11-3)28-40-24-32(8)23-39(44(40)48-16-12-4)27-37-21-30(6)19-35(25-33)42(37)46-14-10-2/h17-24H,9-16,25-28H2,1-8H3. The van der Waals surface area contributed by atoms with E-state index in [1.165, 1.54) is 66.8 Å². The van der Waals surface area contributed by atoms with Gasteiger partial charge in [0.2, 0.25) is 0 Å². The topological polar surface area (TPSA) is 36.9 Å². The van der Waals surface area contributed by atoms with Gasteiger partial charge in [-0.15, -0.1) is 0 Å². The minimum Gasteiger partial charge on any atom is -0.493 e. The molecule has 4 nitrogen and oxygen atoms in total. The highest BCUT2D eigenvalue weighted by atomic mass is 16.5. The van der Waals surface area contributed by atoms with Gasteiger partial charge in [-0.1, -0.05) is 98.5 Å². The molecule has 1 aliphatic rings. The molecule has 0 heterocycles. The highest BCUT2D eigenvalue weighted by molar-refractivity contribution is 5.58. The second-order valence-corrected chi connectivity index (χ2v) is 13.8. The third-order valence-electron chi connectivity index (χ3n) is 8.87. The van der Waals surface area contributed by atoms with Crippen LogP contribution in [0.1, 0.15) is 120 Å². The summed E-state index contributed by atoms with van der Waals surface area (Å²) in [5, 5.41) is 0. The Bertz CT molecular complexity index is 1370. The zero-order chi connectivity index (χ0) is 34.2. The van der Waals surface area contributed by atoms with Crippen LogP contribution in [-0.4, -0.2) is 26.4 Å². The number of rotatable bonds is 12. The summed E-state index contributed by atoms with van der Waals surface area (Å²) < 4.78 is 26.7. The van der Waals surface area contributed by atoms with E-state index in [9.17, 15) is 0 Å². The Morgan fingerprint density at radius 3 is 0.646 bits per heavy atom. The molecule has 256 valence electrons. The minimum absolute atomic E-state index is 0.675. The van der Waals surface area contributed by atoms with E-state index < -0.39 is 0 Å². The molecular formula is C44H56O4. The molecule has 1 aliphatic carbocycles. The molecule has 0 amide bonds. The summed E-state index contributed by atoms with van der Waals surface area (Å²) >= 11 is 0. The zero-order valence-corrected chi connectivity index (χ0v) is 30.7. The van der Waals surface area contributed by atoms with Crippen molar-refractivity contribution in [3.05, 3.63) is 115 Å². The molecule has 0 atom stereocenters. The summed E-state index contributed by atoms with van der Waals surface area (Å²) in [6.07, 6.45) is 6.74. The third-order valence-corrected chi connectivity index (χ3v) is 8.87. The molecule has 0 fully saturated rings. The lowest BCUT2D eigenvalue weighted by molar-refractivity contribution is 0.304. The first-order chi connectivity index (χ1) is 23.2. The van der Waals surface area contributed by atoms with Crippen LogP contribution in [0.25, 0.3) is 0 Å². The average Bonchev–Trinajstić information content (AvgIpc) is 3.03. The first-order valence-corrected chi connectivity index (χ1v) is 18.2. The van der Waals surface area contributed by atoms with Gasteiger partial charge in [-0.2, -0.15) is 0 Å². The van der Waals surface area contributed by atoms with Gasteiger partial charge in [-0.25, -0.2) is 0 Å². The van der Waals surface area contributed by atoms with Gasteiger partial charge in [0, 0.05) is 25.7 Å². The summed E-state index contributed by atoms with van der Waals surface area (Å²) in [6, 6.07) is 18.5. The largest absolute Gasteiger partial charge is 0.493 e. The van der Waals surface area contributed by atoms with Gasteiger partial charge in [0.1, 0.15) is 23.0 Å². The lowest BCUT2D eigenvalue weighted by atomic mass is 9.88. The van der Waals surface area contributed by atoms with Crippen LogP contribution in [-0.2, 0) is 25.7 Å². The Morgan fingerprint density at radius 2 is 0.500 bits per heavy atom. The maximum Gasteiger partial charge on any atom is 0.126 e. The molecule has 0 saturated heterocycles. The summed E-state index contributed by atoms with van der Waals surface area (Å²) in [5.41, 5.74) is 14.6. The van der Waals surface area contributed by atoms with Crippen LogP contribution >= 0.6 is 0 Å². The number of aryl methyl sites for hydroxylation is 4. The van der Waals surface area contributed by atoms with Gasteiger partial charge >= 0.3 is 0 Å². The van der Waals surface area contributed by atoms with Crippen LogP contribution in [0.2, 0.25) is 0 Å². The van der Waals surface area contributed by atoms with E-state index in [4.69, 9.17) is 18.9 Å². The fourth-order valence-corrected chi connectivity index (χ4v) is 7.14. The quantitative estimate of drug-likeness (QED) is 0.135. The second-order valence-electron chi connectivity index (χ2n) is 13.8. The van der Waals surface area contributed by atoms with Gasteiger partial charge in [0.15, 0.2) is 0 Å². The van der Waals surface area contributed by atoms with Crippen LogP contribution in [0, 0.1) is 27.7 Å². The van der Waals surface area contributed by atoms with Gasteiger partial charge in [0.25, 0.3) is 0 Å². The lowest BCUT2D eigenvalue weighted by Crippen LogP contribution is -2.11. The van der Waals surface area contributed by atoms with Crippen LogP contribution in [0.4, 0.5) is 0 Å². The van der Waals surface area contributed by atoms with Crippen molar-refractivity contribution in [1.82, 2.24) is 0 Å². The Balaban J connectivity index is 1.83. The molecular weight excluding hydrogens is 592 g/mol. The first kappa shape index (κ1) is 35.4. The molecule has 0 N–H and O–H groups in total. The van der Waals surface area contributed by atoms with Crippen molar-refractivity contribution in [3.8, 4) is 23.0 Å². The summed E-state index contributed by atoms with van der Waals surface area (Å²) in [4.78, 5) is 0. The van der Waals surface area contributed by atoms with Gasteiger partial charge in [-0.05, 0) is 97.9 Å². The highest BCUT2D eigenvalue weighted by Crippen LogP contribution is 2.40. The predicted molar refractivity (Wildman–Crippen MR) is 199 cm³/mol. The Kier molecular flexibility index (Phi) is 12.1. The maximum absolute atomic E-state index is 6.67. The number of benzene rings is 4. The summed E-state index contributed by atoms with van der Waals surface area (Å²) in [5.74, 6) is 4.00. The smallest absolute Gasteiger partial charge is 0.126 e. The van der Waals surface area contributed by atoms with Gasteiger partial charge < -0.3 is 18.9 Å². The van der Waals surface area contributed by atoms with Crippen molar-refractivity contribution >= 4 is 0 Å². The maximum atomic E-state index is 6.67. The van der Waals surface area contributed by atoms with E-state index in [0.717, 1.165) is 74.4 Å². The number of ether oxygens (including phenoxy) is 4. The van der Waals surface area contributed by atoms with Gasteiger partial charge in [-0.3, -0.25) is 0 Å². The highest BCUT2D eigenvalue weighted by Gasteiger charge is 2.23. The summed E-state index contributed by atoms with van der Waals surface area (Å²) in [7, 11) is 0. The third kappa shape index (κ3) is 8.38. The molecule has 4 aromatic carbocycles. The number of fused-ring (bicyclic) bond motifs is 8. The molecule has 8 bridgehead atoms.